The van der Waals surface area contributed by atoms with Crippen molar-refractivity contribution in [2.24, 2.45) is 0 Å². The van der Waals surface area contributed by atoms with Gasteiger partial charge in [0.1, 0.15) is 17.5 Å². The molecule has 0 amide bonds. The van der Waals surface area contributed by atoms with E-state index in [1.807, 2.05) is 37.3 Å². The quantitative estimate of drug-likeness (QED) is 0.353. The minimum absolute atomic E-state index is 0.152. The summed E-state index contributed by atoms with van der Waals surface area (Å²) in [5.74, 6) is 0.0727. The largest absolute Gasteiger partial charge is 0.361 e. The lowest BCUT2D eigenvalue weighted by Gasteiger charge is -2.17. The SMILES string of the molecule is CC(Nc1nc(-c2cccnc2)nc2ccc(-c3cc(F)ccc3F)cc12)c1ccccn1. The van der Waals surface area contributed by atoms with E-state index in [0.717, 1.165) is 23.4 Å². The smallest absolute Gasteiger partial charge is 0.163 e. The second-order valence-corrected chi connectivity index (χ2v) is 7.61. The minimum Gasteiger partial charge on any atom is -0.361 e. The van der Waals surface area contributed by atoms with E-state index in [-0.39, 0.29) is 11.6 Å². The number of anilines is 1. The van der Waals surface area contributed by atoms with Gasteiger partial charge in [-0.2, -0.15) is 0 Å². The van der Waals surface area contributed by atoms with Crippen molar-refractivity contribution >= 4 is 16.7 Å². The summed E-state index contributed by atoms with van der Waals surface area (Å²) >= 11 is 0. The molecule has 0 aliphatic rings. The Morgan fingerprint density at radius 3 is 2.55 bits per heavy atom. The maximum atomic E-state index is 14.4. The second kappa shape index (κ2) is 8.70. The summed E-state index contributed by atoms with van der Waals surface area (Å²) in [6.45, 7) is 1.98. The number of hydrogen-bond donors (Lipinski definition) is 1. The van der Waals surface area contributed by atoms with Gasteiger partial charge in [0.25, 0.3) is 0 Å². The van der Waals surface area contributed by atoms with Gasteiger partial charge in [0.15, 0.2) is 5.82 Å². The molecule has 0 radical (unpaired) electrons. The lowest BCUT2D eigenvalue weighted by atomic mass is 10.0. The molecule has 0 saturated carbocycles. The first-order chi connectivity index (χ1) is 16.1. The zero-order chi connectivity index (χ0) is 22.8. The fourth-order valence-corrected chi connectivity index (χ4v) is 3.66. The van der Waals surface area contributed by atoms with Gasteiger partial charge >= 0.3 is 0 Å². The van der Waals surface area contributed by atoms with Gasteiger partial charge in [-0.05, 0) is 67.1 Å². The molecule has 1 atom stereocenters. The summed E-state index contributed by atoms with van der Waals surface area (Å²) in [5, 5.41) is 4.10. The van der Waals surface area contributed by atoms with Crippen LogP contribution in [0.3, 0.4) is 0 Å². The van der Waals surface area contributed by atoms with Crippen LogP contribution in [0.5, 0.6) is 0 Å². The zero-order valence-electron chi connectivity index (χ0n) is 17.7. The normalized spacial score (nSPS) is 12.0. The van der Waals surface area contributed by atoms with Crippen LogP contribution < -0.4 is 5.32 Å². The third-order valence-electron chi connectivity index (χ3n) is 5.34. The van der Waals surface area contributed by atoms with Crippen LogP contribution in [-0.4, -0.2) is 19.9 Å². The third kappa shape index (κ3) is 4.25. The predicted octanol–water partition coefficient (Wildman–Crippen LogP) is 6.21. The molecule has 1 unspecified atom stereocenters. The molecule has 33 heavy (non-hydrogen) atoms. The number of aromatic nitrogens is 4. The molecule has 0 aliphatic carbocycles. The van der Waals surface area contributed by atoms with Gasteiger partial charge in [-0.25, -0.2) is 18.7 Å². The van der Waals surface area contributed by atoms with Crippen molar-refractivity contribution in [2.45, 2.75) is 13.0 Å². The van der Waals surface area contributed by atoms with Gasteiger partial charge in [0, 0.05) is 35.1 Å². The van der Waals surface area contributed by atoms with E-state index in [2.05, 4.69) is 20.3 Å². The highest BCUT2D eigenvalue weighted by Crippen LogP contribution is 2.32. The first kappa shape index (κ1) is 20.6. The molecule has 0 saturated heterocycles. The Morgan fingerprint density at radius 1 is 0.848 bits per heavy atom. The van der Waals surface area contributed by atoms with Crippen LogP contribution in [0.15, 0.2) is 85.3 Å². The average molecular weight is 439 g/mol. The van der Waals surface area contributed by atoms with Crippen LogP contribution >= 0.6 is 0 Å². The molecule has 0 spiro atoms. The fourth-order valence-electron chi connectivity index (χ4n) is 3.66. The number of halogens is 2. The van der Waals surface area contributed by atoms with Gasteiger partial charge in [0.05, 0.1) is 17.3 Å². The second-order valence-electron chi connectivity index (χ2n) is 7.61. The van der Waals surface area contributed by atoms with Crippen molar-refractivity contribution in [1.82, 2.24) is 19.9 Å². The number of pyridine rings is 2. The molecule has 3 aromatic heterocycles. The van der Waals surface area contributed by atoms with E-state index in [4.69, 9.17) is 4.98 Å². The molecular weight excluding hydrogens is 420 g/mol. The van der Waals surface area contributed by atoms with E-state index < -0.39 is 11.6 Å². The number of benzene rings is 2. The maximum Gasteiger partial charge on any atom is 0.163 e. The Kier molecular flexibility index (Phi) is 5.44. The molecule has 0 fully saturated rings. The Bertz CT molecular complexity index is 1430. The fraction of sp³-hybridized carbons (Fsp3) is 0.0769. The van der Waals surface area contributed by atoms with Gasteiger partial charge in [-0.3, -0.25) is 9.97 Å². The van der Waals surface area contributed by atoms with Crippen molar-refractivity contribution in [2.75, 3.05) is 5.32 Å². The van der Waals surface area contributed by atoms with Crippen LogP contribution in [0.4, 0.5) is 14.6 Å². The molecule has 7 heteroatoms. The summed E-state index contributed by atoms with van der Waals surface area (Å²) < 4.78 is 28.3. The van der Waals surface area contributed by atoms with Gasteiger partial charge in [0.2, 0.25) is 0 Å². The van der Waals surface area contributed by atoms with Gasteiger partial charge < -0.3 is 5.32 Å². The average Bonchev–Trinajstić information content (AvgIpc) is 2.86. The van der Waals surface area contributed by atoms with Crippen molar-refractivity contribution in [1.29, 1.82) is 0 Å². The predicted molar refractivity (Wildman–Crippen MR) is 124 cm³/mol. The van der Waals surface area contributed by atoms with E-state index in [1.54, 1.807) is 36.8 Å². The Balaban J connectivity index is 1.66. The Morgan fingerprint density at radius 2 is 1.76 bits per heavy atom. The van der Waals surface area contributed by atoms with Crippen LogP contribution in [0, 0.1) is 11.6 Å². The molecule has 3 heterocycles. The molecule has 1 N–H and O–H groups in total. The Hall–Kier alpha value is -4.26. The van der Waals surface area contributed by atoms with Crippen LogP contribution in [0.1, 0.15) is 18.7 Å². The summed E-state index contributed by atoms with van der Waals surface area (Å²) in [4.78, 5) is 18.0. The lowest BCUT2D eigenvalue weighted by molar-refractivity contribution is 0.603. The number of fused-ring (bicyclic) bond motifs is 1. The number of nitrogens with zero attached hydrogens (tertiary/aromatic N) is 4. The third-order valence-corrected chi connectivity index (χ3v) is 5.34. The highest BCUT2D eigenvalue weighted by Gasteiger charge is 2.15. The van der Waals surface area contributed by atoms with Crippen LogP contribution in [0.25, 0.3) is 33.4 Å². The number of rotatable bonds is 5. The number of hydrogen-bond acceptors (Lipinski definition) is 5. The molecule has 5 rings (SSSR count). The topological polar surface area (TPSA) is 63.6 Å². The van der Waals surface area contributed by atoms with E-state index in [9.17, 15) is 8.78 Å². The van der Waals surface area contributed by atoms with E-state index in [0.29, 0.717) is 28.1 Å². The molecule has 0 bridgehead atoms. The zero-order valence-corrected chi connectivity index (χ0v) is 17.7. The van der Waals surface area contributed by atoms with Crippen molar-refractivity contribution in [3.05, 3.63) is 103 Å². The molecule has 5 aromatic rings. The van der Waals surface area contributed by atoms with Crippen LogP contribution in [-0.2, 0) is 0 Å². The van der Waals surface area contributed by atoms with Crippen molar-refractivity contribution < 1.29 is 8.78 Å². The summed E-state index contributed by atoms with van der Waals surface area (Å²) in [6, 6.07) is 18.0. The molecule has 2 aromatic carbocycles. The monoisotopic (exact) mass is 439 g/mol. The molecule has 162 valence electrons. The first-order valence-corrected chi connectivity index (χ1v) is 10.4. The van der Waals surface area contributed by atoms with Crippen molar-refractivity contribution in [3.8, 4) is 22.5 Å². The molecular formula is C26H19F2N5. The van der Waals surface area contributed by atoms with E-state index in [1.165, 1.54) is 6.07 Å². The molecule has 5 nitrogen and oxygen atoms in total. The highest BCUT2D eigenvalue weighted by molar-refractivity contribution is 5.94. The number of nitrogens with one attached hydrogen (secondary N) is 1. The summed E-state index contributed by atoms with van der Waals surface area (Å²) in [6.07, 6.45) is 5.12. The maximum absolute atomic E-state index is 14.4. The minimum atomic E-state index is -0.503. The molecule has 0 aliphatic heterocycles. The van der Waals surface area contributed by atoms with Gasteiger partial charge in [-0.1, -0.05) is 12.1 Å². The summed E-state index contributed by atoms with van der Waals surface area (Å²) in [5.41, 5.74) is 3.00. The summed E-state index contributed by atoms with van der Waals surface area (Å²) in [7, 11) is 0. The highest BCUT2D eigenvalue weighted by atomic mass is 19.1. The lowest BCUT2D eigenvalue weighted by Crippen LogP contribution is -2.11. The van der Waals surface area contributed by atoms with E-state index >= 15 is 0 Å². The standard InChI is InChI=1S/C26H19F2N5/c1-16(23-6-2-3-12-30-23)31-26-21-13-17(20-14-19(27)8-9-22(20)28)7-10-24(21)32-25(33-26)18-5-4-11-29-15-18/h2-16H,1H3,(H,31,32,33). The van der Waals surface area contributed by atoms with Crippen LogP contribution in [0.2, 0.25) is 0 Å². The van der Waals surface area contributed by atoms with Crippen molar-refractivity contribution in [3.63, 3.8) is 0 Å². The van der Waals surface area contributed by atoms with Gasteiger partial charge in [-0.15, -0.1) is 0 Å². The Labute approximate surface area is 189 Å². The first-order valence-electron chi connectivity index (χ1n) is 10.4.